The standard InChI is InChI=1S/C13H15BrClN3/c1-16-13(5-9-7-17-18(2)8-9)10-3-4-12(15)11(14)6-10/h3-4,6-8,13,16H,5H2,1-2H3. The number of nitrogens with one attached hydrogen (secondary N) is 1. The van der Waals surface area contributed by atoms with Crippen LogP contribution >= 0.6 is 27.5 Å². The third-order valence-corrected chi connectivity index (χ3v) is 4.11. The molecule has 1 unspecified atom stereocenters. The Labute approximate surface area is 120 Å². The first kappa shape index (κ1) is 13.6. The molecule has 2 rings (SSSR count). The Morgan fingerprint density at radius 3 is 2.83 bits per heavy atom. The maximum absolute atomic E-state index is 6.01. The summed E-state index contributed by atoms with van der Waals surface area (Å²) in [4.78, 5) is 0. The SMILES string of the molecule is CNC(Cc1cnn(C)c1)c1ccc(Cl)c(Br)c1. The zero-order valence-corrected chi connectivity index (χ0v) is 12.7. The van der Waals surface area contributed by atoms with Gasteiger partial charge < -0.3 is 5.32 Å². The zero-order chi connectivity index (χ0) is 13.1. The fourth-order valence-corrected chi connectivity index (χ4v) is 2.44. The second kappa shape index (κ2) is 5.87. The van der Waals surface area contributed by atoms with Gasteiger partial charge >= 0.3 is 0 Å². The molecule has 0 aliphatic carbocycles. The second-order valence-electron chi connectivity index (χ2n) is 4.24. The van der Waals surface area contributed by atoms with E-state index in [0.717, 1.165) is 15.9 Å². The fraction of sp³-hybridized carbons (Fsp3) is 0.308. The Bertz CT molecular complexity index is 539. The molecule has 0 saturated heterocycles. The Morgan fingerprint density at radius 2 is 2.28 bits per heavy atom. The summed E-state index contributed by atoms with van der Waals surface area (Å²) in [6, 6.07) is 6.27. The maximum Gasteiger partial charge on any atom is 0.0548 e. The maximum atomic E-state index is 6.01. The number of hydrogen-bond acceptors (Lipinski definition) is 2. The highest BCUT2D eigenvalue weighted by Crippen LogP contribution is 2.27. The lowest BCUT2D eigenvalue weighted by atomic mass is 10.0. The number of halogens is 2. The van der Waals surface area contributed by atoms with Crippen LogP contribution in [0.15, 0.2) is 35.1 Å². The lowest BCUT2D eigenvalue weighted by Gasteiger charge is -2.16. The van der Waals surface area contributed by atoms with Crippen molar-refractivity contribution in [2.24, 2.45) is 7.05 Å². The van der Waals surface area contributed by atoms with Gasteiger partial charge in [0, 0.05) is 23.8 Å². The molecule has 1 N–H and O–H groups in total. The highest BCUT2D eigenvalue weighted by atomic mass is 79.9. The van der Waals surface area contributed by atoms with E-state index in [0.29, 0.717) is 0 Å². The van der Waals surface area contributed by atoms with Crippen LogP contribution in [0.3, 0.4) is 0 Å². The van der Waals surface area contributed by atoms with Crippen molar-refractivity contribution in [3.8, 4) is 0 Å². The molecule has 5 heteroatoms. The van der Waals surface area contributed by atoms with Gasteiger partial charge in [-0.25, -0.2) is 0 Å². The van der Waals surface area contributed by atoms with E-state index in [1.807, 2.05) is 43.3 Å². The fourth-order valence-electron chi connectivity index (χ4n) is 1.93. The van der Waals surface area contributed by atoms with Crippen LogP contribution in [-0.2, 0) is 13.5 Å². The van der Waals surface area contributed by atoms with E-state index in [-0.39, 0.29) is 6.04 Å². The first-order chi connectivity index (χ1) is 8.60. The number of hydrogen-bond donors (Lipinski definition) is 1. The summed E-state index contributed by atoms with van der Waals surface area (Å²) in [5.41, 5.74) is 2.42. The Balaban J connectivity index is 2.19. The first-order valence-electron chi connectivity index (χ1n) is 5.70. The van der Waals surface area contributed by atoms with E-state index in [9.17, 15) is 0 Å². The zero-order valence-electron chi connectivity index (χ0n) is 10.3. The molecule has 0 aliphatic rings. The monoisotopic (exact) mass is 327 g/mol. The number of aromatic nitrogens is 2. The Kier molecular flexibility index (Phi) is 4.43. The molecule has 18 heavy (non-hydrogen) atoms. The largest absolute Gasteiger partial charge is 0.313 e. The molecule has 1 aromatic heterocycles. The number of rotatable bonds is 4. The molecule has 0 aliphatic heterocycles. The van der Waals surface area contributed by atoms with Crippen LogP contribution in [0.25, 0.3) is 0 Å². The summed E-state index contributed by atoms with van der Waals surface area (Å²) >= 11 is 9.47. The quantitative estimate of drug-likeness (QED) is 0.933. The summed E-state index contributed by atoms with van der Waals surface area (Å²) in [6.45, 7) is 0. The molecular formula is C13H15BrClN3. The van der Waals surface area contributed by atoms with Crippen LogP contribution < -0.4 is 5.32 Å². The number of aryl methyl sites for hydroxylation is 1. The van der Waals surface area contributed by atoms with Crippen molar-refractivity contribution >= 4 is 27.5 Å². The van der Waals surface area contributed by atoms with Crippen LogP contribution in [0.1, 0.15) is 17.2 Å². The van der Waals surface area contributed by atoms with Gasteiger partial charge in [0.1, 0.15) is 0 Å². The van der Waals surface area contributed by atoms with E-state index in [1.165, 1.54) is 11.1 Å². The number of nitrogens with zero attached hydrogens (tertiary/aromatic N) is 2. The Morgan fingerprint density at radius 1 is 1.50 bits per heavy atom. The molecule has 0 radical (unpaired) electrons. The minimum atomic E-state index is 0.253. The third-order valence-electron chi connectivity index (χ3n) is 2.89. The summed E-state index contributed by atoms with van der Waals surface area (Å²) in [6.07, 6.45) is 4.84. The summed E-state index contributed by atoms with van der Waals surface area (Å²) in [7, 11) is 3.89. The van der Waals surface area contributed by atoms with Crippen LogP contribution in [0.5, 0.6) is 0 Å². The van der Waals surface area contributed by atoms with Gasteiger partial charge in [-0.1, -0.05) is 17.7 Å². The molecule has 0 amide bonds. The van der Waals surface area contributed by atoms with E-state index < -0.39 is 0 Å². The lowest BCUT2D eigenvalue weighted by Crippen LogP contribution is -2.18. The number of likely N-dealkylation sites (N-methyl/N-ethyl adjacent to an activating group) is 1. The second-order valence-corrected chi connectivity index (χ2v) is 5.50. The number of benzene rings is 1. The lowest BCUT2D eigenvalue weighted by molar-refractivity contribution is 0.591. The molecule has 2 aromatic rings. The van der Waals surface area contributed by atoms with Crippen molar-refractivity contribution in [3.63, 3.8) is 0 Å². The average Bonchev–Trinajstić information content (AvgIpc) is 2.75. The molecule has 0 fully saturated rings. The predicted molar refractivity (Wildman–Crippen MR) is 77.9 cm³/mol. The topological polar surface area (TPSA) is 29.9 Å². The van der Waals surface area contributed by atoms with Gasteiger partial charge in [-0.05, 0) is 52.7 Å². The van der Waals surface area contributed by atoms with Gasteiger partial charge in [-0.2, -0.15) is 5.10 Å². The minimum Gasteiger partial charge on any atom is -0.313 e. The van der Waals surface area contributed by atoms with Crippen molar-refractivity contribution in [3.05, 3.63) is 51.2 Å². The van der Waals surface area contributed by atoms with Crippen LogP contribution in [0.4, 0.5) is 0 Å². The summed E-state index contributed by atoms with van der Waals surface area (Å²) < 4.78 is 2.74. The predicted octanol–water partition coefficient (Wildman–Crippen LogP) is 3.34. The summed E-state index contributed by atoms with van der Waals surface area (Å²) in [5, 5.41) is 8.24. The van der Waals surface area contributed by atoms with Gasteiger partial charge in [-0.3, -0.25) is 4.68 Å². The van der Waals surface area contributed by atoms with Gasteiger partial charge in [-0.15, -0.1) is 0 Å². The smallest absolute Gasteiger partial charge is 0.0548 e. The molecule has 3 nitrogen and oxygen atoms in total. The van der Waals surface area contributed by atoms with Crippen LogP contribution in [0.2, 0.25) is 5.02 Å². The van der Waals surface area contributed by atoms with Crippen molar-refractivity contribution in [2.75, 3.05) is 7.05 Å². The normalized spacial score (nSPS) is 12.7. The van der Waals surface area contributed by atoms with E-state index in [4.69, 9.17) is 11.6 Å². The first-order valence-corrected chi connectivity index (χ1v) is 6.87. The van der Waals surface area contributed by atoms with Gasteiger partial charge in [0.25, 0.3) is 0 Å². The van der Waals surface area contributed by atoms with Crippen molar-refractivity contribution in [1.29, 1.82) is 0 Å². The van der Waals surface area contributed by atoms with Gasteiger partial charge in [0.2, 0.25) is 0 Å². The van der Waals surface area contributed by atoms with E-state index in [2.05, 4.69) is 32.4 Å². The molecular weight excluding hydrogens is 314 g/mol. The molecule has 0 spiro atoms. The van der Waals surface area contributed by atoms with Crippen molar-refractivity contribution < 1.29 is 0 Å². The molecule has 1 heterocycles. The van der Waals surface area contributed by atoms with Crippen LogP contribution in [0, 0.1) is 0 Å². The van der Waals surface area contributed by atoms with Crippen molar-refractivity contribution in [2.45, 2.75) is 12.5 Å². The third kappa shape index (κ3) is 3.13. The van der Waals surface area contributed by atoms with E-state index >= 15 is 0 Å². The Hall–Kier alpha value is -0.840. The molecule has 96 valence electrons. The van der Waals surface area contributed by atoms with Gasteiger partial charge in [0.05, 0.1) is 11.2 Å². The average molecular weight is 329 g/mol. The summed E-state index contributed by atoms with van der Waals surface area (Å²) in [5.74, 6) is 0. The molecule has 0 bridgehead atoms. The van der Waals surface area contributed by atoms with E-state index in [1.54, 1.807) is 0 Å². The highest BCUT2D eigenvalue weighted by molar-refractivity contribution is 9.10. The molecule has 1 aromatic carbocycles. The van der Waals surface area contributed by atoms with Gasteiger partial charge in [0.15, 0.2) is 0 Å². The highest BCUT2D eigenvalue weighted by Gasteiger charge is 2.12. The minimum absolute atomic E-state index is 0.253. The molecule has 0 saturated carbocycles. The molecule has 1 atom stereocenters. The van der Waals surface area contributed by atoms with Crippen molar-refractivity contribution in [1.82, 2.24) is 15.1 Å². The van der Waals surface area contributed by atoms with Crippen LogP contribution in [-0.4, -0.2) is 16.8 Å².